The average molecular weight is 406 g/mol. The maximum atomic E-state index is 11.4. The predicted octanol–water partition coefficient (Wildman–Crippen LogP) is 0.514. The van der Waals surface area contributed by atoms with Crippen LogP contribution < -0.4 is 16.4 Å². The summed E-state index contributed by atoms with van der Waals surface area (Å²) in [5.41, 5.74) is 6.90. The molecule has 0 atom stereocenters. The second kappa shape index (κ2) is 12.4. The summed E-state index contributed by atoms with van der Waals surface area (Å²) in [5, 5.41) is 5.64. The molecule has 0 unspecified atom stereocenters. The van der Waals surface area contributed by atoms with E-state index >= 15 is 0 Å². The number of methoxy groups -OCH3 is 1. The first-order chi connectivity index (χ1) is 9.72. The predicted molar refractivity (Wildman–Crippen MR) is 94.9 cm³/mol. The molecule has 0 aromatic heterocycles. The van der Waals surface area contributed by atoms with E-state index in [9.17, 15) is 4.79 Å². The molecule has 0 heterocycles. The first-order valence-corrected chi connectivity index (χ1v) is 6.55. The third-order valence-electron chi connectivity index (χ3n) is 2.58. The lowest BCUT2D eigenvalue weighted by atomic mass is 10.1. The Bertz CT molecular complexity index is 426. The van der Waals surface area contributed by atoms with Gasteiger partial charge in [0.1, 0.15) is 6.54 Å². The van der Waals surface area contributed by atoms with Crippen molar-refractivity contribution in [2.24, 2.45) is 10.7 Å². The highest BCUT2D eigenvalue weighted by atomic mass is 127. The fourth-order valence-corrected chi connectivity index (χ4v) is 1.54. The van der Waals surface area contributed by atoms with Crippen molar-refractivity contribution in [1.82, 2.24) is 10.6 Å². The van der Waals surface area contributed by atoms with Gasteiger partial charge in [-0.25, -0.2) is 4.99 Å². The third-order valence-corrected chi connectivity index (χ3v) is 2.58. The number of carbonyl (C=O) groups excluding carboxylic acids is 1. The lowest BCUT2D eigenvalue weighted by molar-refractivity contribution is -0.119. The molecule has 0 bridgehead atoms. The molecule has 1 aromatic carbocycles. The number of guanidine groups is 1. The number of nitrogens with zero attached hydrogens (tertiary/aromatic N) is 1. The fraction of sp³-hybridized carbons (Fsp3) is 0.429. The first-order valence-electron chi connectivity index (χ1n) is 6.55. The number of rotatable bonds is 8. The minimum atomic E-state index is -0.171. The summed E-state index contributed by atoms with van der Waals surface area (Å²) in [5.74, 6) is 0.109. The Balaban J connectivity index is 0.00000400. The lowest BCUT2D eigenvalue weighted by Crippen LogP contribution is -2.35. The van der Waals surface area contributed by atoms with Gasteiger partial charge in [-0.3, -0.25) is 4.79 Å². The van der Waals surface area contributed by atoms with Crippen molar-refractivity contribution >= 4 is 35.8 Å². The van der Waals surface area contributed by atoms with Crippen molar-refractivity contribution < 1.29 is 9.53 Å². The number of halogens is 1. The number of hydrogen-bond donors (Lipinski definition) is 3. The van der Waals surface area contributed by atoms with Crippen LogP contribution >= 0.6 is 24.0 Å². The maximum absolute atomic E-state index is 11.4. The molecule has 0 aliphatic heterocycles. The minimum absolute atomic E-state index is 0. The Labute approximate surface area is 142 Å². The second-order valence-corrected chi connectivity index (χ2v) is 4.21. The van der Waals surface area contributed by atoms with Gasteiger partial charge in [-0.05, 0) is 12.0 Å². The van der Waals surface area contributed by atoms with Crippen LogP contribution in [0, 0.1) is 0 Å². The van der Waals surface area contributed by atoms with E-state index in [1.165, 1.54) is 5.56 Å². The summed E-state index contributed by atoms with van der Waals surface area (Å²) < 4.78 is 4.83. The van der Waals surface area contributed by atoms with E-state index in [1.807, 2.05) is 18.2 Å². The fourth-order valence-electron chi connectivity index (χ4n) is 1.54. The van der Waals surface area contributed by atoms with Gasteiger partial charge in [-0.15, -0.1) is 24.0 Å². The Hall–Kier alpha value is -1.35. The number of ether oxygens (including phenoxy) is 1. The van der Waals surface area contributed by atoms with Crippen LogP contribution in [0.1, 0.15) is 5.56 Å². The zero-order valence-electron chi connectivity index (χ0n) is 12.2. The monoisotopic (exact) mass is 406 g/mol. The van der Waals surface area contributed by atoms with Gasteiger partial charge < -0.3 is 21.1 Å². The molecule has 6 nitrogen and oxygen atoms in total. The summed E-state index contributed by atoms with van der Waals surface area (Å²) in [6.45, 7) is 1.67. The van der Waals surface area contributed by atoms with Gasteiger partial charge in [0, 0.05) is 20.2 Å². The summed E-state index contributed by atoms with van der Waals surface area (Å²) in [6, 6.07) is 10.1. The molecule has 21 heavy (non-hydrogen) atoms. The van der Waals surface area contributed by atoms with Crippen molar-refractivity contribution in [1.29, 1.82) is 0 Å². The van der Waals surface area contributed by atoms with Gasteiger partial charge >= 0.3 is 0 Å². The molecule has 0 aliphatic carbocycles. The smallest absolute Gasteiger partial charge is 0.241 e. The van der Waals surface area contributed by atoms with E-state index in [0.29, 0.717) is 19.7 Å². The van der Waals surface area contributed by atoms with Crippen LogP contribution in [-0.2, 0) is 16.0 Å². The molecule has 0 saturated carbocycles. The average Bonchev–Trinajstić information content (AvgIpc) is 2.46. The van der Waals surface area contributed by atoms with Gasteiger partial charge in [-0.1, -0.05) is 30.3 Å². The second-order valence-electron chi connectivity index (χ2n) is 4.21. The highest BCUT2D eigenvalue weighted by molar-refractivity contribution is 14.0. The Morgan fingerprint density at radius 2 is 1.95 bits per heavy atom. The van der Waals surface area contributed by atoms with Crippen LogP contribution in [0.25, 0.3) is 0 Å². The van der Waals surface area contributed by atoms with Crippen molar-refractivity contribution in [3.63, 3.8) is 0 Å². The van der Waals surface area contributed by atoms with E-state index in [1.54, 1.807) is 7.11 Å². The molecule has 7 heteroatoms. The van der Waals surface area contributed by atoms with E-state index in [2.05, 4.69) is 27.8 Å². The van der Waals surface area contributed by atoms with Crippen LogP contribution in [-0.4, -0.2) is 45.2 Å². The van der Waals surface area contributed by atoms with E-state index in [-0.39, 0.29) is 42.4 Å². The molecule has 4 N–H and O–H groups in total. The number of carbonyl (C=O) groups is 1. The topological polar surface area (TPSA) is 88.7 Å². The summed E-state index contributed by atoms with van der Waals surface area (Å²) in [4.78, 5) is 15.3. The number of benzene rings is 1. The van der Waals surface area contributed by atoms with E-state index < -0.39 is 0 Å². The minimum Gasteiger partial charge on any atom is -0.383 e. The number of hydrogen-bond acceptors (Lipinski definition) is 3. The van der Waals surface area contributed by atoms with Crippen LogP contribution in [0.4, 0.5) is 0 Å². The normalized spacial score (nSPS) is 10.6. The maximum Gasteiger partial charge on any atom is 0.241 e. The quantitative estimate of drug-likeness (QED) is 0.254. The molecule has 0 aliphatic rings. The zero-order chi connectivity index (χ0) is 14.6. The molecule has 1 rings (SSSR count). The zero-order valence-corrected chi connectivity index (χ0v) is 14.5. The van der Waals surface area contributed by atoms with Crippen LogP contribution in [0.5, 0.6) is 0 Å². The molecule has 1 amide bonds. The van der Waals surface area contributed by atoms with Gasteiger partial charge in [0.25, 0.3) is 0 Å². The molecule has 1 aromatic rings. The Morgan fingerprint density at radius 1 is 1.24 bits per heavy atom. The number of aliphatic imine (C=N–C) groups is 1. The molecule has 118 valence electrons. The summed E-state index contributed by atoms with van der Waals surface area (Å²) in [7, 11) is 1.58. The molecule has 0 spiro atoms. The lowest BCUT2D eigenvalue weighted by Gasteiger charge is -2.06. The van der Waals surface area contributed by atoms with Gasteiger partial charge in [0.05, 0.1) is 6.61 Å². The van der Waals surface area contributed by atoms with Crippen molar-refractivity contribution in [2.45, 2.75) is 6.42 Å². The number of nitrogens with two attached hydrogens (primary N) is 1. The summed E-state index contributed by atoms with van der Waals surface area (Å²) >= 11 is 0. The van der Waals surface area contributed by atoms with Gasteiger partial charge in [0.15, 0.2) is 5.96 Å². The van der Waals surface area contributed by atoms with Crippen molar-refractivity contribution in [3.8, 4) is 0 Å². The van der Waals surface area contributed by atoms with Crippen LogP contribution in [0.3, 0.4) is 0 Å². The van der Waals surface area contributed by atoms with Gasteiger partial charge in [0.2, 0.25) is 5.91 Å². The first kappa shape index (κ1) is 19.7. The summed E-state index contributed by atoms with van der Waals surface area (Å²) in [6.07, 6.45) is 0.858. The van der Waals surface area contributed by atoms with Crippen molar-refractivity contribution in [3.05, 3.63) is 35.9 Å². The number of amides is 1. The highest BCUT2D eigenvalue weighted by Crippen LogP contribution is 1.97. The highest BCUT2D eigenvalue weighted by Gasteiger charge is 1.99. The molecule has 0 saturated heterocycles. The Morgan fingerprint density at radius 3 is 2.62 bits per heavy atom. The van der Waals surface area contributed by atoms with E-state index in [0.717, 1.165) is 6.42 Å². The number of nitrogens with one attached hydrogen (secondary N) is 2. The van der Waals surface area contributed by atoms with Gasteiger partial charge in [-0.2, -0.15) is 0 Å². The molecular formula is C14H23IN4O2. The standard InChI is InChI=1S/C14H22N4O2.HI/c1-20-10-9-16-13(19)11-18-14(15)17-8-7-12-5-3-2-4-6-12;/h2-6H,7-11H2,1H3,(H,16,19)(H3,15,17,18);1H. The molecule has 0 fully saturated rings. The van der Waals surface area contributed by atoms with E-state index in [4.69, 9.17) is 10.5 Å². The third kappa shape index (κ3) is 10.1. The molecule has 0 radical (unpaired) electrons. The SMILES string of the molecule is COCCNC(=O)CN=C(N)NCCc1ccccc1.I. The Kier molecular flexibility index (Phi) is 11.6. The van der Waals surface area contributed by atoms with Crippen LogP contribution in [0.2, 0.25) is 0 Å². The van der Waals surface area contributed by atoms with Crippen molar-refractivity contribution in [2.75, 3.05) is 33.4 Å². The van der Waals surface area contributed by atoms with Crippen LogP contribution in [0.15, 0.2) is 35.3 Å². The molecular weight excluding hydrogens is 383 g/mol. The largest absolute Gasteiger partial charge is 0.383 e.